The van der Waals surface area contributed by atoms with Gasteiger partial charge in [-0.2, -0.15) is 0 Å². The van der Waals surface area contributed by atoms with Crippen molar-refractivity contribution in [3.8, 4) is 11.5 Å². The Morgan fingerprint density at radius 1 is 1.07 bits per heavy atom. The SMILES string of the molecule is CCCC1=C(C(=O)OCC)[C@@H](c2ccc3c(c2)OCO3)n2c(s/c(=C\c3c(C)n(CC(=O)OCC)c4ccccc34)c2=O)=N1. The molecule has 0 N–H and O–H groups in total. The Labute approximate surface area is 257 Å². The van der Waals surface area contributed by atoms with Gasteiger partial charge in [-0.3, -0.25) is 14.2 Å². The molecule has 0 aliphatic carbocycles. The summed E-state index contributed by atoms with van der Waals surface area (Å²) in [5.41, 5.74) is 3.87. The van der Waals surface area contributed by atoms with Gasteiger partial charge in [0.05, 0.1) is 35.1 Å². The highest BCUT2D eigenvalue weighted by molar-refractivity contribution is 7.07. The number of carbonyl (C=O) groups is 2. The van der Waals surface area contributed by atoms with Crippen LogP contribution in [0.4, 0.5) is 0 Å². The van der Waals surface area contributed by atoms with Gasteiger partial charge in [0, 0.05) is 22.2 Å². The molecule has 0 unspecified atom stereocenters. The topological polar surface area (TPSA) is 110 Å². The van der Waals surface area contributed by atoms with E-state index in [1.807, 2.05) is 60.9 Å². The molecule has 4 aromatic rings. The fourth-order valence-corrected chi connectivity index (χ4v) is 6.83. The van der Waals surface area contributed by atoms with Crippen molar-refractivity contribution in [1.82, 2.24) is 9.13 Å². The van der Waals surface area contributed by atoms with Gasteiger partial charge in [0.2, 0.25) is 6.79 Å². The quantitative estimate of drug-likeness (QED) is 0.261. The summed E-state index contributed by atoms with van der Waals surface area (Å²) in [5.74, 6) is 0.314. The predicted octanol–water partition coefficient (Wildman–Crippen LogP) is 4.13. The third-order valence-corrected chi connectivity index (χ3v) is 8.74. The Morgan fingerprint density at radius 3 is 2.61 bits per heavy atom. The Kier molecular flexibility index (Phi) is 8.13. The van der Waals surface area contributed by atoms with Crippen molar-refractivity contribution in [2.45, 2.75) is 53.1 Å². The zero-order chi connectivity index (χ0) is 31.0. The van der Waals surface area contributed by atoms with Crippen molar-refractivity contribution in [1.29, 1.82) is 0 Å². The average Bonchev–Trinajstić information content (AvgIpc) is 3.68. The number of rotatable bonds is 9. The summed E-state index contributed by atoms with van der Waals surface area (Å²) in [7, 11) is 0. The number of thiazole rings is 1. The van der Waals surface area contributed by atoms with E-state index < -0.39 is 12.0 Å². The summed E-state index contributed by atoms with van der Waals surface area (Å²) in [4.78, 5) is 45.6. The Bertz CT molecular complexity index is 2000. The molecule has 0 bridgehead atoms. The number of nitrogens with zero attached hydrogens (tertiary/aromatic N) is 3. The molecule has 2 aromatic heterocycles. The lowest BCUT2D eigenvalue weighted by Crippen LogP contribution is -2.40. The number of aromatic nitrogens is 2. The third-order valence-electron chi connectivity index (χ3n) is 7.75. The fourth-order valence-electron chi connectivity index (χ4n) is 5.83. The van der Waals surface area contributed by atoms with Crippen LogP contribution in [0.5, 0.6) is 11.5 Å². The second-order valence-electron chi connectivity index (χ2n) is 10.4. The number of allylic oxidation sites excluding steroid dienone is 1. The maximum atomic E-state index is 14.3. The van der Waals surface area contributed by atoms with Gasteiger partial charge in [-0.15, -0.1) is 0 Å². The normalized spacial score (nSPS) is 15.8. The first-order valence-electron chi connectivity index (χ1n) is 14.7. The zero-order valence-corrected chi connectivity index (χ0v) is 25.9. The first-order valence-corrected chi connectivity index (χ1v) is 15.5. The van der Waals surface area contributed by atoms with Gasteiger partial charge >= 0.3 is 11.9 Å². The van der Waals surface area contributed by atoms with E-state index in [1.54, 1.807) is 24.5 Å². The summed E-state index contributed by atoms with van der Waals surface area (Å²) in [5, 5.41) is 0.909. The van der Waals surface area contributed by atoms with Crippen LogP contribution in [0.25, 0.3) is 17.0 Å². The number of para-hydroxylation sites is 1. The van der Waals surface area contributed by atoms with Crippen LogP contribution in [-0.2, 0) is 25.6 Å². The number of hydrogen-bond donors (Lipinski definition) is 0. The molecule has 44 heavy (non-hydrogen) atoms. The van der Waals surface area contributed by atoms with E-state index in [9.17, 15) is 14.4 Å². The Balaban J connectivity index is 1.57. The minimum atomic E-state index is -0.769. The van der Waals surface area contributed by atoms with Gasteiger partial charge in [-0.25, -0.2) is 9.79 Å². The minimum Gasteiger partial charge on any atom is -0.465 e. The lowest BCUT2D eigenvalue weighted by Gasteiger charge is -2.25. The Morgan fingerprint density at radius 2 is 1.84 bits per heavy atom. The van der Waals surface area contributed by atoms with Gasteiger partial charge in [0.1, 0.15) is 6.54 Å². The molecule has 0 amide bonds. The molecule has 2 aromatic carbocycles. The smallest absolute Gasteiger partial charge is 0.338 e. The first kappa shape index (κ1) is 29.4. The van der Waals surface area contributed by atoms with Crippen LogP contribution in [0.15, 0.2) is 63.5 Å². The van der Waals surface area contributed by atoms with E-state index in [2.05, 4.69) is 0 Å². The summed E-state index contributed by atoms with van der Waals surface area (Å²) in [6, 6.07) is 12.4. The van der Waals surface area contributed by atoms with E-state index in [-0.39, 0.29) is 31.5 Å². The molecule has 0 saturated carbocycles. The van der Waals surface area contributed by atoms with Gasteiger partial charge in [0.25, 0.3) is 5.56 Å². The van der Waals surface area contributed by atoms with Crippen molar-refractivity contribution in [3.05, 3.63) is 90.2 Å². The van der Waals surface area contributed by atoms with Gasteiger partial charge < -0.3 is 23.5 Å². The van der Waals surface area contributed by atoms with Crippen molar-refractivity contribution in [3.63, 3.8) is 0 Å². The highest BCUT2D eigenvalue weighted by Crippen LogP contribution is 2.39. The summed E-state index contributed by atoms with van der Waals surface area (Å²) < 4.78 is 25.8. The standard InChI is InChI=1S/C33H33N3O7S/c1-5-10-23-29(32(39)41-7-3)30(20-13-14-25-26(15-20)43-18-42-25)36-31(38)27(44-33(36)34-23)16-22-19(4)35(17-28(37)40-6-2)24-12-9-8-11-21(22)24/h8-9,11-16,30H,5-7,10,17-18H2,1-4H3/b27-16-/t30-/m1/s1. The van der Waals surface area contributed by atoms with E-state index in [0.717, 1.165) is 28.6 Å². The number of ether oxygens (including phenoxy) is 4. The molecule has 2 aliphatic rings. The fraction of sp³-hybridized carbons (Fsp3) is 0.333. The van der Waals surface area contributed by atoms with Crippen LogP contribution in [-0.4, -0.2) is 41.1 Å². The predicted molar refractivity (Wildman–Crippen MR) is 166 cm³/mol. The van der Waals surface area contributed by atoms with E-state index in [0.29, 0.717) is 50.7 Å². The molecule has 0 saturated heterocycles. The molecule has 0 radical (unpaired) electrons. The van der Waals surface area contributed by atoms with Gasteiger partial charge in [0.15, 0.2) is 16.3 Å². The highest BCUT2D eigenvalue weighted by atomic mass is 32.1. The molecular formula is C33H33N3O7S. The van der Waals surface area contributed by atoms with Gasteiger partial charge in [-0.1, -0.05) is 48.9 Å². The second kappa shape index (κ2) is 12.2. The molecule has 2 aliphatic heterocycles. The minimum absolute atomic E-state index is 0.0582. The number of benzene rings is 2. The van der Waals surface area contributed by atoms with Crippen LogP contribution < -0.4 is 24.4 Å². The molecule has 228 valence electrons. The van der Waals surface area contributed by atoms with Crippen LogP contribution in [0.1, 0.15) is 56.5 Å². The van der Waals surface area contributed by atoms with Crippen molar-refractivity contribution in [2.75, 3.05) is 20.0 Å². The zero-order valence-electron chi connectivity index (χ0n) is 25.0. The summed E-state index contributed by atoms with van der Waals surface area (Å²) in [6.45, 7) is 8.12. The van der Waals surface area contributed by atoms with Crippen LogP contribution in [0.3, 0.4) is 0 Å². The number of hydrogen-bond acceptors (Lipinski definition) is 9. The second-order valence-corrected chi connectivity index (χ2v) is 11.4. The van der Waals surface area contributed by atoms with Gasteiger partial charge in [-0.05, 0) is 57.0 Å². The monoisotopic (exact) mass is 615 g/mol. The molecule has 0 spiro atoms. The van der Waals surface area contributed by atoms with Crippen molar-refractivity contribution < 1.29 is 28.5 Å². The molecule has 0 fully saturated rings. The summed E-state index contributed by atoms with van der Waals surface area (Å²) in [6.07, 6.45) is 3.15. The third kappa shape index (κ3) is 5.11. The molecule has 1 atom stereocenters. The van der Waals surface area contributed by atoms with Crippen LogP contribution in [0.2, 0.25) is 0 Å². The lowest BCUT2D eigenvalue weighted by molar-refractivity contribution is -0.143. The maximum Gasteiger partial charge on any atom is 0.338 e. The largest absolute Gasteiger partial charge is 0.465 e. The van der Waals surface area contributed by atoms with Crippen LogP contribution in [0, 0.1) is 6.92 Å². The molecule has 4 heterocycles. The molecular weight excluding hydrogens is 582 g/mol. The van der Waals surface area contributed by atoms with E-state index >= 15 is 0 Å². The van der Waals surface area contributed by atoms with Crippen molar-refractivity contribution >= 4 is 40.3 Å². The Hall–Kier alpha value is -4.64. The number of carbonyl (C=O) groups excluding carboxylic acids is 2. The highest BCUT2D eigenvalue weighted by Gasteiger charge is 2.35. The van der Waals surface area contributed by atoms with E-state index in [4.69, 9.17) is 23.9 Å². The molecule has 6 rings (SSSR count). The summed E-state index contributed by atoms with van der Waals surface area (Å²) >= 11 is 1.27. The average molecular weight is 616 g/mol. The van der Waals surface area contributed by atoms with E-state index in [1.165, 1.54) is 11.3 Å². The lowest BCUT2D eigenvalue weighted by atomic mass is 9.94. The number of esters is 2. The van der Waals surface area contributed by atoms with Crippen molar-refractivity contribution in [2.24, 2.45) is 4.99 Å². The maximum absolute atomic E-state index is 14.3. The molecule has 11 heteroatoms. The first-order chi connectivity index (χ1) is 21.4. The number of fused-ring (bicyclic) bond motifs is 3. The molecule has 10 nitrogen and oxygen atoms in total. The van der Waals surface area contributed by atoms with Crippen LogP contribution >= 0.6 is 11.3 Å².